The van der Waals surface area contributed by atoms with Gasteiger partial charge in [-0.15, -0.1) is 0 Å². The van der Waals surface area contributed by atoms with Gasteiger partial charge in [0.1, 0.15) is 11.3 Å². The number of anilines is 1. The topological polar surface area (TPSA) is 136 Å². The van der Waals surface area contributed by atoms with Crippen LogP contribution in [-0.4, -0.2) is 31.5 Å². The molecular weight excluding hydrogens is 440 g/mol. The first-order chi connectivity index (χ1) is 12.5. The number of aryl methyl sites for hydroxylation is 1. The summed E-state index contributed by atoms with van der Waals surface area (Å²) in [6, 6.07) is 8.40. The summed E-state index contributed by atoms with van der Waals surface area (Å²) in [7, 11) is -3.92. The van der Waals surface area contributed by atoms with Crippen molar-refractivity contribution >= 4 is 43.5 Å². The van der Waals surface area contributed by atoms with Crippen LogP contribution in [0.3, 0.4) is 0 Å². The molecule has 0 saturated carbocycles. The van der Waals surface area contributed by atoms with E-state index in [4.69, 9.17) is 9.88 Å². The molecule has 0 spiro atoms. The van der Waals surface area contributed by atoms with E-state index < -0.39 is 28.0 Å². The Morgan fingerprint density at radius 3 is 2.56 bits per heavy atom. The van der Waals surface area contributed by atoms with E-state index in [9.17, 15) is 23.1 Å². The van der Waals surface area contributed by atoms with Gasteiger partial charge in [-0.3, -0.25) is 4.79 Å². The van der Waals surface area contributed by atoms with Gasteiger partial charge in [-0.2, -0.15) is 0 Å². The molecule has 4 N–H and O–H groups in total. The summed E-state index contributed by atoms with van der Waals surface area (Å²) in [5, 5.41) is 17.5. The number of benzene rings is 2. The number of phenolic OH excluding ortho intramolecular Hbond substituents is 1. The van der Waals surface area contributed by atoms with E-state index in [2.05, 4.69) is 21.2 Å². The molecule has 0 bridgehead atoms. The van der Waals surface area contributed by atoms with E-state index >= 15 is 0 Å². The summed E-state index contributed by atoms with van der Waals surface area (Å²) in [5.41, 5.74) is 0.803. The third-order valence-electron chi connectivity index (χ3n) is 3.51. The van der Waals surface area contributed by atoms with E-state index in [1.54, 1.807) is 13.0 Å². The van der Waals surface area contributed by atoms with Crippen molar-refractivity contribution in [3.05, 3.63) is 52.0 Å². The van der Waals surface area contributed by atoms with E-state index in [0.29, 0.717) is 10.0 Å². The monoisotopic (exact) mass is 456 g/mol. The molecule has 2 rings (SSSR count). The van der Waals surface area contributed by atoms with Crippen LogP contribution in [0.15, 0.2) is 45.8 Å². The van der Waals surface area contributed by atoms with Gasteiger partial charge in [-0.25, -0.2) is 18.4 Å². The lowest BCUT2D eigenvalue weighted by atomic mass is 10.1. The molecule has 1 atom stereocenters. The number of halogens is 1. The number of primary sulfonamides is 1. The first-order valence-electron chi connectivity index (χ1n) is 7.63. The van der Waals surface area contributed by atoms with Crippen LogP contribution in [0.5, 0.6) is 5.75 Å². The van der Waals surface area contributed by atoms with Gasteiger partial charge in [0.05, 0.1) is 9.37 Å². The molecule has 144 valence electrons. The van der Waals surface area contributed by atoms with E-state index in [1.807, 2.05) is 0 Å². The van der Waals surface area contributed by atoms with Crippen molar-refractivity contribution < 1.29 is 27.9 Å². The molecule has 0 fully saturated rings. The zero-order chi connectivity index (χ0) is 20.4. The molecule has 0 saturated heterocycles. The fraction of sp³-hybridized carbons (Fsp3) is 0.176. The lowest BCUT2D eigenvalue weighted by Crippen LogP contribution is -2.30. The molecule has 2 aromatic carbocycles. The van der Waals surface area contributed by atoms with Gasteiger partial charge in [0, 0.05) is 5.69 Å². The molecule has 2 aromatic rings. The van der Waals surface area contributed by atoms with Gasteiger partial charge >= 0.3 is 5.97 Å². The highest BCUT2D eigenvalue weighted by molar-refractivity contribution is 9.10. The first kappa shape index (κ1) is 20.9. The molecule has 0 aliphatic rings. The molecule has 0 aliphatic carbocycles. The maximum Gasteiger partial charge on any atom is 0.342 e. The number of amides is 1. The fourth-order valence-corrected chi connectivity index (χ4v) is 3.30. The van der Waals surface area contributed by atoms with E-state index in [-0.39, 0.29) is 21.9 Å². The van der Waals surface area contributed by atoms with Crippen molar-refractivity contribution in [2.75, 3.05) is 5.32 Å². The highest BCUT2D eigenvalue weighted by Crippen LogP contribution is 2.30. The molecule has 1 amide bonds. The highest BCUT2D eigenvalue weighted by Gasteiger charge is 2.22. The van der Waals surface area contributed by atoms with Crippen molar-refractivity contribution in [2.45, 2.75) is 24.8 Å². The lowest BCUT2D eigenvalue weighted by Gasteiger charge is -2.15. The van der Waals surface area contributed by atoms with Crippen LogP contribution in [0.4, 0.5) is 5.69 Å². The molecule has 1 unspecified atom stereocenters. The second kappa shape index (κ2) is 8.07. The number of aromatic hydroxyl groups is 1. The summed E-state index contributed by atoms with van der Waals surface area (Å²) >= 11 is 3.13. The summed E-state index contributed by atoms with van der Waals surface area (Å²) in [4.78, 5) is 24.3. The Hall–Kier alpha value is -2.43. The Balaban J connectivity index is 2.11. The standard InChI is InChI=1S/C17H17BrN2O6S/c1-9-6-13(15(21)14(18)7-9)17(23)26-10(2)16(22)20-11-4-3-5-12(8-11)27(19,24)25/h3-8,10,21H,1-2H3,(H,20,22)(H2,19,24,25). The minimum atomic E-state index is -3.92. The molecule has 8 nitrogen and oxygen atoms in total. The smallest absolute Gasteiger partial charge is 0.342 e. The number of carbonyl (C=O) groups is 2. The van der Waals surface area contributed by atoms with Crippen molar-refractivity contribution in [3.8, 4) is 5.75 Å². The molecule has 0 aliphatic heterocycles. The van der Waals surface area contributed by atoms with Gasteiger partial charge in [0.25, 0.3) is 5.91 Å². The minimum absolute atomic E-state index is 0.0854. The molecule has 10 heteroatoms. The Bertz CT molecular complexity index is 1010. The van der Waals surface area contributed by atoms with Crippen molar-refractivity contribution in [1.82, 2.24) is 0 Å². The number of ether oxygens (including phenoxy) is 1. The van der Waals surface area contributed by atoms with Crippen LogP contribution in [0, 0.1) is 6.92 Å². The van der Waals surface area contributed by atoms with Crippen LogP contribution in [-0.2, 0) is 19.6 Å². The predicted molar refractivity (Wildman–Crippen MR) is 102 cm³/mol. The third-order valence-corrected chi connectivity index (χ3v) is 5.03. The molecule has 0 aromatic heterocycles. The van der Waals surface area contributed by atoms with Crippen LogP contribution in [0.2, 0.25) is 0 Å². The number of sulfonamides is 1. The van der Waals surface area contributed by atoms with E-state index in [0.717, 1.165) is 0 Å². The number of hydrogen-bond donors (Lipinski definition) is 3. The highest BCUT2D eigenvalue weighted by atomic mass is 79.9. The fourth-order valence-electron chi connectivity index (χ4n) is 2.16. The number of carbonyl (C=O) groups excluding carboxylic acids is 2. The molecular formula is C17H17BrN2O6S. The van der Waals surface area contributed by atoms with Gasteiger partial charge in [0.2, 0.25) is 10.0 Å². The van der Waals surface area contributed by atoms with Crippen molar-refractivity contribution in [1.29, 1.82) is 0 Å². The van der Waals surface area contributed by atoms with Crippen LogP contribution >= 0.6 is 15.9 Å². The normalized spacial score (nSPS) is 12.3. The lowest BCUT2D eigenvalue weighted by molar-refractivity contribution is -0.123. The number of hydrogen-bond acceptors (Lipinski definition) is 6. The number of nitrogens with two attached hydrogens (primary N) is 1. The zero-order valence-electron chi connectivity index (χ0n) is 14.4. The average Bonchev–Trinajstić information content (AvgIpc) is 2.57. The number of phenols is 1. The number of nitrogens with one attached hydrogen (secondary N) is 1. The second-order valence-electron chi connectivity index (χ2n) is 5.75. The quantitative estimate of drug-likeness (QED) is 0.590. The van der Waals surface area contributed by atoms with Crippen LogP contribution in [0.25, 0.3) is 0 Å². The van der Waals surface area contributed by atoms with Crippen LogP contribution in [0.1, 0.15) is 22.8 Å². The number of rotatable bonds is 5. The Morgan fingerprint density at radius 1 is 1.26 bits per heavy atom. The maximum atomic E-state index is 12.2. The maximum absolute atomic E-state index is 12.2. The minimum Gasteiger partial charge on any atom is -0.506 e. The van der Waals surface area contributed by atoms with E-state index in [1.165, 1.54) is 37.3 Å². The molecule has 0 radical (unpaired) electrons. The zero-order valence-corrected chi connectivity index (χ0v) is 16.8. The summed E-state index contributed by atoms with van der Waals surface area (Å²) < 4.78 is 28.1. The predicted octanol–water partition coefficient (Wildman–Crippen LogP) is 2.29. The van der Waals surface area contributed by atoms with Gasteiger partial charge in [0.15, 0.2) is 6.10 Å². The van der Waals surface area contributed by atoms with Gasteiger partial charge in [-0.05, 0) is 65.7 Å². The molecule has 27 heavy (non-hydrogen) atoms. The first-order valence-corrected chi connectivity index (χ1v) is 9.97. The SMILES string of the molecule is Cc1cc(Br)c(O)c(C(=O)OC(C)C(=O)Nc2cccc(S(N)(=O)=O)c2)c1. The Kier molecular flexibility index (Phi) is 6.24. The van der Waals surface area contributed by atoms with Crippen LogP contribution < -0.4 is 10.5 Å². The largest absolute Gasteiger partial charge is 0.506 e. The summed E-state index contributed by atoms with van der Waals surface area (Å²) in [6.45, 7) is 3.08. The Labute approximate surface area is 164 Å². The van der Waals surface area contributed by atoms with Gasteiger partial charge < -0.3 is 15.2 Å². The number of esters is 1. The Morgan fingerprint density at radius 2 is 1.93 bits per heavy atom. The second-order valence-corrected chi connectivity index (χ2v) is 8.17. The van der Waals surface area contributed by atoms with Crippen molar-refractivity contribution in [3.63, 3.8) is 0 Å². The van der Waals surface area contributed by atoms with Gasteiger partial charge in [-0.1, -0.05) is 6.07 Å². The third kappa shape index (κ3) is 5.28. The molecule has 0 heterocycles. The average molecular weight is 457 g/mol. The van der Waals surface area contributed by atoms with Crippen molar-refractivity contribution in [2.24, 2.45) is 5.14 Å². The summed E-state index contributed by atoms with van der Waals surface area (Å²) in [6.07, 6.45) is -1.20. The summed E-state index contributed by atoms with van der Waals surface area (Å²) in [5.74, 6) is -1.85.